The molecule has 3 rings (SSSR count). The first-order valence-electron chi connectivity index (χ1n) is 9.74. The quantitative estimate of drug-likeness (QED) is 0.558. The van der Waals surface area contributed by atoms with E-state index in [1.807, 2.05) is 25.1 Å². The van der Waals surface area contributed by atoms with Crippen LogP contribution in [0.15, 0.2) is 44.7 Å². The number of nitrogens with one attached hydrogen (secondary N) is 1. The van der Waals surface area contributed by atoms with Gasteiger partial charge in [0.05, 0.1) is 10.6 Å². The van der Waals surface area contributed by atoms with Crippen molar-refractivity contribution in [3.05, 3.63) is 47.3 Å². The zero-order chi connectivity index (χ0) is 20.9. The van der Waals surface area contributed by atoms with E-state index >= 15 is 0 Å². The highest BCUT2D eigenvalue weighted by atomic mass is 32.2. The molecule has 1 aliphatic heterocycles. The molecular formula is C20H29N5O3S. The van der Waals surface area contributed by atoms with Crippen LogP contribution >= 0.6 is 0 Å². The summed E-state index contributed by atoms with van der Waals surface area (Å²) in [6, 6.07) is 9.04. The molecule has 0 saturated carbocycles. The summed E-state index contributed by atoms with van der Waals surface area (Å²) in [5, 5.41) is 7.48. The van der Waals surface area contributed by atoms with Crippen molar-refractivity contribution in [2.45, 2.75) is 24.8 Å². The minimum Gasteiger partial charge on any atom is -0.361 e. The molecular weight excluding hydrogens is 390 g/mol. The maximum atomic E-state index is 11.5. The normalized spacial score (nSPS) is 16.2. The van der Waals surface area contributed by atoms with Crippen molar-refractivity contribution in [1.29, 1.82) is 0 Å². The summed E-state index contributed by atoms with van der Waals surface area (Å²) in [6.07, 6.45) is 2.02. The minimum atomic E-state index is -3.15. The molecule has 0 aliphatic carbocycles. The number of sulfone groups is 1. The molecule has 0 spiro atoms. The van der Waals surface area contributed by atoms with E-state index in [-0.39, 0.29) is 0 Å². The molecule has 0 radical (unpaired) electrons. The van der Waals surface area contributed by atoms with E-state index in [2.05, 4.69) is 25.3 Å². The molecule has 29 heavy (non-hydrogen) atoms. The molecule has 1 N–H and O–H groups in total. The maximum absolute atomic E-state index is 11.5. The summed E-state index contributed by atoms with van der Waals surface area (Å²) in [7, 11) is -1.35. The summed E-state index contributed by atoms with van der Waals surface area (Å²) in [5.74, 6) is 1.74. The Morgan fingerprint density at radius 2 is 1.90 bits per heavy atom. The molecule has 0 atom stereocenters. The zero-order valence-electron chi connectivity index (χ0n) is 17.3. The van der Waals surface area contributed by atoms with Crippen LogP contribution in [0.25, 0.3) is 0 Å². The van der Waals surface area contributed by atoms with E-state index in [0.29, 0.717) is 4.90 Å². The van der Waals surface area contributed by atoms with E-state index in [0.717, 1.165) is 68.7 Å². The van der Waals surface area contributed by atoms with Gasteiger partial charge in [0.25, 0.3) is 0 Å². The van der Waals surface area contributed by atoms with Crippen molar-refractivity contribution in [3.8, 4) is 0 Å². The Morgan fingerprint density at radius 3 is 2.45 bits per heavy atom. The standard InChI is InChI=1S/C20H29N5O3S/c1-16-14-18(23-28-16)15-24-10-12-25(13-11-24)20(21-2)22-9-8-17-4-6-19(7-5-17)29(3,26)27/h4-7,14H,8-13,15H2,1-3H3,(H,21,22). The van der Waals surface area contributed by atoms with Gasteiger partial charge < -0.3 is 14.7 Å². The van der Waals surface area contributed by atoms with Crippen LogP contribution in [0, 0.1) is 6.92 Å². The first kappa shape index (κ1) is 21.3. The Labute approximate surface area is 172 Å². The van der Waals surface area contributed by atoms with E-state index in [1.165, 1.54) is 6.26 Å². The Bertz CT molecular complexity index is 929. The molecule has 1 aromatic carbocycles. The van der Waals surface area contributed by atoms with Crippen LogP contribution in [0.2, 0.25) is 0 Å². The predicted octanol–water partition coefficient (Wildman–Crippen LogP) is 1.32. The molecule has 9 heteroatoms. The van der Waals surface area contributed by atoms with Crippen LogP contribution in [0.4, 0.5) is 0 Å². The van der Waals surface area contributed by atoms with Crippen molar-refractivity contribution in [2.75, 3.05) is 46.0 Å². The van der Waals surface area contributed by atoms with Gasteiger partial charge in [0.2, 0.25) is 0 Å². The molecule has 0 amide bonds. The lowest BCUT2D eigenvalue weighted by Crippen LogP contribution is -2.52. The fraction of sp³-hybridized carbons (Fsp3) is 0.500. The maximum Gasteiger partial charge on any atom is 0.193 e. The first-order valence-corrected chi connectivity index (χ1v) is 11.6. The smallest absolute Gasteiger partial charge is 0.193 e. The second-order valence-corrected chi connectivity index (χ2v) is 9.35. The molecule has 1 aliphatic rings. The fourth-order valence-electron chi connectivity index (χ4n) is 3.39. The van der Waals surface area contributed by atoms with Gasteiger partial charge in [-0.05, 0) is 31.0 Å². The lowest BCUT2D eigenvalue weighted by atomic mass is 10.1. The third kappa shape index (κ3) is 6.04. The summed E-state index contributed by atoms with van der Waals surface area (Å²) in [4.78, 5) is 9.39. The number of piperazine rings is 1. The summed E-state index contributed by atoms with van der Waals surface area (Å²) in [6.45, 7) is 7.15. The van der Waals surface area contributed by atoms with Gasteiger partial charge in [-0.25, -0.2) is 8.42 Å². The number of aliphatic imine (C=N–C) groups is 1. The van der Waals surface area contributed by atoms with Gasteiger partial charge in [-0.15, -0.1) is 0 Å². The number of benzene rings is 1. The van der Waals surface area contributed by atoms with Gasteiger partial charge in [-0.2, -0.15) is 0 Å². The average Bonchev–Trinajstić information content (AvgIpc) is 3.10. The van der Waals surface area contributed by atoms with Gasteiger partial charge in [0, 0.05) is 58.6 Å². The van der Waals surface area contributed by atoms with Gasteiger partial charge >= 0.3 is 0 Å². The van der Waals surface area contributed by atoms with Crippen LogP contribution in [-0.4, -0.2) is 75.4 Å². The lowest BCUT2D eigenvalue weighted by Gasteiger charge is -2.36. The molecule has 0 unspecified atom stereocenters. The first-order chi connectivity index (χ1) is 13.8. The molecule has 158 valence electrons. The Balaban J connectivity index is 1.44. The van der Waals surface area contributed by atoms with Gasteiger partial charge in [0.15, 0.2) is 15.8 Å². The Kier molecular flexibility index (Phi) is 6.92. The van der Waals surface area contributed by atoms with Crippen molar-refractivity contribution in [1.82, 2.24) is 20.3 Å². The number of hydrogen-bond donors (Lipinski definition) is 1. The van der Waals surface area contributed by atoms with E-state index in [1.54, 1.807) is 19.2 Å². The van der Waals surface area contributed by atoms with Crippen molar-refractivity contribution >= 4 is 15.8 Å². The summed E-state index contributed by atoms with van der Waals surface area (Å²) >= 11 is 0. The topological polar surface area (TPSA) is 91.0 Å². The van der Waals surface area contributed by atoms with Crippen LogP contribution in [0.5, 0.6) is 0 Å². The SMILES string of the molecule is CN=C(NCCc1ccc(S(C)(=O)=O)cc1)N1CCN(Cc2cc(C)on2)CC1. The molecule has 1 saturated heterocycles. The lowest BCUT2D eigenvalue weighted by molar-refractivity contribution is 0.169. The number of hydrogen-bond acceptors (Lipinski definition) is 6. The zero-order valence-corrected chi connectivity index (χ0v) is 18.1. The monoisotopic (exact) mass is 419 g/mol. The van der Waals surface area contributed by atoms with Crippen LogP contribution in [-0.2, 0) is 22.8 Å². The minimum absolute atomic E-state index is 0.351. The van der Waals surface area contributed by atoms with Gasteiger partial charge in [-0.3, -0.25) is 9.89 Å². The number of aromatic nitrogens is 1. The number of guanidine groups is 1. The van der Waals surface area contributed by atoms with Crippen LogP contribution in [0.1, 0.15) is 17.0 Å². The van der Waals surface area contributed by atoms with Crippen molar-refractivity contribution < 1.29 is 12.9 Å². The molecule has 2 heterocycles. The van der Waals surface area contributed by atoms with Crippen LogP contribution < -0.4 is 5.32 Å². The molecule has 8 nitrogen and oxygen atoms in total. The molecule has 1 aromatic heterocycles. The van der Waals surface area contributed by atoms with E-state index < -0.39 is 9.84 Å². The fourth-order valence-corrected chi connectivity index (χ4v) is 4.02. The highest BCUT2D eigenvalue weighted by molar-refractivity contribution is 7.90. The van der Waals surface area contributed by atoms with E-state index in [9.17, 15) is 8.42 Å². The largest absolute Gasteiger partial charge is 0.361 e. The predicted molar refractivity (Wildman–Crippen MR) is 113 cm³/mol. The Morgan fingerprint density at radius 1 is 1.21 bits per heavy atom. The third-order valence-electron chi connectivity index (χ3n) is 4.99. The molecule has 1 fully saturated rings. The Hall–Kier alpha value is -2.39. The highest BCUT2D eigenvalue weighted by Gasteiger charge is 2.20. The molecule has 0 bridgehead atoms. The average molecular weight is 420 g/mol. The number of aryl methyl sites for hydroxylation is 1. The van der Waals surface area contributed by atoms with Gasteiger partial charge in [-0.1, -0.05) is 17.3 Å². The highest BCUT2D eigenvalue weighted by Crippen LogP contribution is 2.11. The summed E-state index contributed by atoms with van der Waals surface area (Å²) in [5.41, 5.74) is 2.06. The van der Waals surface area contributed by atoms with Crippen LogP contribution in [0.3, 0.4) is 0 Å². The van der Waals surface area contributed by atoms with Gasteiger partial charge in [0.1, 0.15) is 5.76 Å². The molecule has 2 aromatic rings. The van der Waals surface area contributed by atoms with Crippen molar-refractivity contribution in [3.63, 3.8) is 0 Å². The number of nitrogens with zero attached hydrogens (tertiary/aromatic N) is 4. The third-order valence-corrected chi connectivity index (χ3v) is 6.12. The summed E-state index contributed by atoms with van der Waals surface area (Å²) < 4.78 is 28.2. The number of rotatable bonds is 6. The van der Waals surface area contributed by atoms with Crippen molar-refractivity contribution in [2.24, 2.45) is 4.99 Å². The second-order valence-electron chi connectivity index (χ2n) is 7.33. The van der Waals surface area contributed by atoms with E-state index in [4.69, 9.17) is 4.52 Å². The second kappa shape index (κ2) is 9.41.